The lowest BCUT2D eigenvalue weighted by molar-refractivity contribution is 0.242. The van der Waals surface area contributed by atoms with E-state index in [-0.39, 0.29) is 0 Å². The van der Waals surface area contributed by atoms with Gasteiger partial charge in [-0.15, -0.1) is 0 Å². The smallest absolute Gasteiger partial charge is 0.316 e. The summed E-state index contributed by atoms with van der Waals surface area (Å²) < 4.78 is 87.4. The highest BCUT2D eigenvalue weighted by Crippen LogP contribution is 2.31. The van der Waals surface area contributed by atoms with Gasteiger partial charge in [-0.25, -0.2) is 21.8 Å². The van der Waals surface area contributed by atoms with Gasteiger partial charge in [0, 0.05) is 7.05 Å². The number of halogens is 6. The molecule has 1 atom stereocenters. The Morgan fingerprint density at radius 3 is 1.71 bits per heavy atom. The number of benzene rings is 1. The summed E-state index contributed by atoms with van der Waals surface area (Å²) in [5.41, 5.74) is -1.16. The van der Waals surface area contributed by atoms with E-state index in [9.17, 15) is 30.6 Å². The van der Waals surface area contributed by atoms with Gasteiger partial charge < -0.3 is 5.32 Å². The summed E-state index contributed by atoms with van der Waals surface area (Å²) >= 11 is 0. The number of nitrogens with one attached hydrogen (secondary N) is 1. The van der Waals surface area contributed by atoms with Crippen LogP contribution in [-0.4, -0.2) is 17.0 Å². The Balaban J connectivity index is 3.59. The third-order valence-corrected chi connectivity index (χ3v) is 2.92. The Morgan fingerprint density at radius 2 is 1.41 bits per heavy atom. The zero-order valence-corrected chi connectivity index (χ0v) is 8.98. The molecule has 0 radical (unpaired) electrons. The highest BCUT2D eigenvalue weighted by atomic mass is 32.2. The highest BCUT2D eigenvalue weighted by molar-refractivity contribution is 7.85. The van der Waals surface area contributed by atoms with E-state index in [4.69, 9.17) is 0 Å². The average Bonchev–Trinajstić information content (AvgIpc) is 2.27. The molecule has 1 N–H and O–H groups in total. The SMILES string of the molecule is CNc1c(F)c(F)c(S(=O)C(F)F)c(F)c1F. The molecule has 9 heteroatoms. The minimum absolute atomic E-state index is 0.976. The fraction of sp³-hybridized carbons (Fsp3) is 0.250. The van der Waals surface area contributed by atoms with E-state index in [1.54, 1.807) is 0 Å². The second-order valence-electron chi connectivity index (χ2n) is 2.77. The Bertz CT molecular complexity index is 449. The van der Waals surface area contributed by atoms with Crippen molar-refractivity contribution < 1.29 is 30.6 Å². The summed E-state index contributed by atoms with van der Waals surface area (Å²) in [4.78, 5) is -1.81. The van der Waals surface area contributed by atoms with Crippen LogP contribution in [-0.2, 0) is 10.8 Å². The van der Waals surface area contributed by atoms with Gasteiger partial charge in [-0.2, -0.15) is 8.78 Å². The summed E-state index contributed by atoms with van der Waals surface area (Å²) in [5, 5.41) is 1.82. The fourth-order valence-electron chi connectivity index (χ4n) is 1.10. The van der Waals surface area contributed by atoms with Gasteiger partial charge in [0.25, 0.3) is 0 Å². The second-order valence-corrected chi connectivity index (χ2v) is 4.13. The van der Waals surface area contributed by atoms with Gasteiger partial charge in [0.2, 0.25) is 0 Å². The van der Waals surface area contributed by atoms with Gasteiger partial charge in [0.1, 0.15) is 21.4 Å². The van der Waals surface area contributed by atoms with Crippen LogP contribution in [0.25, 0.3) is 0 Å². The molecule has 0 saturated carbocycles. The number of hydrogen-bond acceptors (Lipinski definition) is 2. The molecule has 0 aliphatic rings. The largest absolute Gasteiger partial charge is 0.383 e. The lowest BCUT2D eigenvalue weighted by atomic mass is 10.2. The van der Waals surface area contributed by atoms with Crippen molar-refractivity contribution in [1.82, 2.24) is 0 Å². The monoisotopic (exact) mass is 277 g/mol. The van der Waals surface area contributed by atoms with Crippen LogP contribution >= 0.6 is 0 Å². The van der Waals surface area contributed by atoms with Crippen molar-refractivity contribution in [2.45, 2.75) is 10.7 Å². The average molecular weight is 277 g/mol. The minimum atomic E-state index is -3.65. The topological polar surface area (TPSA) is 29.1 Å². The van der Waals surface area contributed by atoms with E-state index in [1.807, 2.05) is 5.32 Å². The third-order valence-electron chi connectivity index (χ3n) is 1.84. The molecule has 0 aliphatic carbocycles. The summed E-state index contributed by atoms with van der Waals surface area (Å²) in [7, 11) is -2.50. The highest BCUT2D eigenvalue weighted by Gasteiger charge is 2.31. The molecule has 1 rings (SSSR count). The molecular weight excluding hydrogens is 272 g/mol. The Kier molecular flexibility index (Phi) is 4.02. The molecule has 2 nitrogen and oxygen atoms in total. The van der Waals surface area contributed by atoms with Crippen LogP contribution in [0.1, 0.15) is 0 Å². The standard InChI is InChI=1S/C8H5F6NOS/c1-15-6-2(9)4(11)7(5(12)3(6)10)17(16)8(13)14/h8,15H,1H3. The summed E-state index contributed by atoms with van der Waals surface area (Å²) in [5.74, 6) is -11.7. The van der Waals surface area contributed by atoms with Crippen LogP contribution < -0.4 is 5.32 Å². The van der Waals surface area contributed by atoms with Crippen molar-refractivity contribution in [2.24, 2.45) is 0 Å². The molecule has 96 valence electrons. The molecule has 0 aromatic heterocycles. The third kappa shape index (κ3) is 2.24. The van der Waals surface area contributed by atoms with Crippen LogP contribution in [0.3, 0.4) is 0 Å². The maximum atomic E-state index is 13.2. The molecule has 0 saturated heterocycles. The van der Waals surface area contributed by atoms with Gasteiger partial charge >= 0.3 is 5.76 Å². The van der Waals surface area contributed by atoms with Crippen molar-refractivity contribution in [3.8, 4) is 0 Å². The molecule has 0 amide bonds. The Morgan fingerprint density at radius 1 is 1.00 bits per heavy atom. The molecule has 0 fully saturated rings. The van der Waals surface area contributed by atoms with E-state index in [0.29, 0.717) is 0 Å². The summed E-state index contributed by atoms with van der Waals surface area (Å²) in [6, 6.07) is 0. The van der Waals surface area contributed by atoms with Crippen molar-refractivity contribution in [3.05, 3.63) is 23.3 Å². The van der Waals surface area contributed by atoms with Crippen LogP contribution in [0.15, 0.2) is 4.90 Å². The number of rotatable bonds is 3. The zero-order valence-electron chi connectivity index (χ0n) is 8.16. The first-order valence-electron chi connectivity index (χ1n) is 4.05. The maximum Gasteiger partial charge on any atom is 0.316 e. The van der Waals surface area contributed by atoms with Crippen molar-refractivity contribution >= 4 is 16.5 Å². The van der Waals surface area contributed by atoms with E-state index in [2.05, 4.69) is 0 Å². The van der Waals surface area contributed by atoms with Crippen LogP contribution in [0.2, 0.25) is 0 Å². The van der Waals surface area contributed by atoms with Gasteiger partial charge in [0.15, 0.2) is 23.3 Å². The van der Waals surface area contributed by atoms with Gasteiger partial charge in [0.05, 0.1) is 0 Å². The van der Waals surface area contributed by atoms with Crippen molar-refractivity contribution in [2.75, 3.05) is 12.4 Å². The predicted molar refractivity (Wildman–Crippen MR) is 48.2 cm³/mol. The van der Waals surface area contributed by atoms with Gasteiger partial charge in [-0.05, 0) is 0 Å². The zero-order chi connectivity index (χ0) is 13.3. The van der Waals surface area contributed by atoms with E-state index in [1.165, 1.54) is 0 Å². The van der Waals surface area contributed by atoms with Gasteiger partial charge in [-0.1, -0.05) is 0 Å². The lowest BCUT2D eigenvalue weighted by Gasteiger charge is -2.10. The summed E-state index contributed by atoms with van der Waals surface area (Å²) in [6.07, 6.45) is 0. The first-order valence-corrected chi connectivity index (χ1v) is 5.26. The molecule has 17 heavy (non-hydrogen) atoms. The van der Waals surface area contributed by atoms with Crippen LogP contribution in [0.4, 0.5) is 32.0 Å². The van der Waals surface area contributed by atoms with Crippen molar-refractivity contribution in [3.63, 3.8) is 0 Å². The molecular formula is C8H5F6NOS. The molecule has 0 spiro atoms. The number of anilines is 1. The molecule has 1 aromatic carbocycles. The normalized spacial score (nSPS) is 12.9. The fourth-order valence-corrected chi connectivity index (χ4v) is 1.81. The molecule has 1 unspecified atom stereocenters. The molecule has 0 bridgehead atoms. The van der Waals surface area contributed by atoms with Crippen molar-refractivity contribution in [1.29, 1.82) is 0 Å². The number of hydrogen-bond donors (Lipinski definition) is 1. The maximum absolute atomic E-state index is 13.2. The summed E-state index contributed by atoms with van der Waals surface area (Å²) in [6.45, 7) is 0. The molecule has 1 aromatic rings. The minimum Gasteiger partial charge on any atom is -0.383 e. The van der Waals surface area contributed by atoms with E-state index in [0.717, 1.165) is 7.05 Å². The number of alkyl halides is 2. The predicted octanol–water partition coefficient (Wildman–Crippen LogP) is 2.61. The van der Waals surface area contributed by atoms with Crippen LogP contribution in [0.5, 0.6) is 0 Å². The Hall–Kier alpha value is -1.25. The Labute approximate surface area is 94.1 Å². The molecule has 0 aliphatic heterocycles. The quantitative estimate of drug-likeness (QED) is 0.679. The second kappa shape index (κ2) is 4.94. The first kappa shape index (κ1) is 13.8. The van der Waals surface area contributed by atoms with Crippen LogP contribution in [0, 0.1) is 23.3 Å². The van der Waals surface area contributed by atoms with E-state index < -0.39 is 50.4 Å². The van der Waals surface area contributed by atoms with E-state index >= 15 is 0 Å². The first-order chi connectivity index (χ1) is 7.82. The lowest BCUT2D eigenvalue weighted by Crippen LogP contribution is -2.13. The van der Waals surface area contributed by atoms with Gasteiger partial charge in [-0.3, -0.25) is 0 Å². The molecule has 0 heterocycles.